The Labute approximate surface area is 184 Å². The van der Waals surface area contributed by atoms with Crippen molar-refractivity contribution in [2.75, 3.05) is 14.2 Å². The molecule has 0 saturated carbocycles. The van der Waals surface area contributed by atoms with E-state index in [1.54, 1.807) is 32.0 Å². The maximum Gasteiger partial charge on any atom is 0.270 e. The van der Waals surface area contributed by atoms with Crippen molar-refractivity contribution in [1.29, 1.82) is 0 Å². The van der Waals surface area contributed by atoms with E-state index in [0.717, 1.165) is 11.6 Å². The molecule has 1 atom stereocenters. The number of carbonyl (C=O) groups excluding carboxylic acids is 2. The number of nitro groups is 1. The van der Waals surface area contributed by atoms with Gasteiger partial charge in [0.1, 0.15) is 6.04 Å². The Balaban J connectivity index is 2.09. The largest absolute Gasteiger partial charge is 0.493 e. The van der Waals surface area contributed by atoms with Crippen molar-refractivity contribution in [2.24, 2.45) is 5.92 Å². The number of ether oxygens (including phenoxy) is 2. The van der Waals surface area contributed by atoms with Gasteiger partial charge in [0.2, 0.25) is 5.91 Å². The van der Waals surface area contributed by atoms with E-state index in [2.05, 4.69) is 10.6 Å². The lowest BCUT2D eigenvalue weighted by molar-refractivity contribution is -0.384. The van der Waals surface area contributed by atoms with E-state index in [1.165, 1.54) is 26.4 Å². The van der Waals surface area contributed by atoms with Gasteiger partial charge in [-0.05, 0) is 29.7 Å². The number of amides is 2. The van der Waals surface area contributed by atoms with Crippen molar-refractivity contribution in [3.05, 3.63) is 62.7 Å². The Morgan fingerprint density at radius 2 is 1.77 bits per heavy atom. The number of halogens is 1. The van der Waals surface area contributed by atoms with Gasteiger partial charge in [0.15, 0.2) is 11.5 Å². The Hall–Kier alpha value is -3.33. The zero-order valence-corrected chi connectivity index (χ0v) is 18.4. The van der Waals surface area contributed by atoms with Crippen LogP contribution in [0, 0.1) is 16.0 Å². The third-order valence-electron chi connectivity index (χ3n) is 4.56. The smallest absolute Gasteiger partial charge is 0.270 e. The molecule has 0 aliphatic carbocycles. The average Bonchev–Trinajstić information content (AvgIpc) is 2.74. The van der Waals surface area contributed by atoms with E-state index in [1.807, 2.05) is 0 Å². The summed E-state index contributed by atoms with van der Waals surface area (Å²) < 4.78 is 10.5. The lowest BCUT2D eigenvalue weighted by Gasteiger charge is -2.22. The summed E-state index contributed by atoms with van der Waals surface area (Å²) in [5, 5.41) is 16.2. The lowest BCUT2D eigenvalue weighted by atomic mass is 10.0. The molecule has 9 nitrogen and oxygen atoms in total. The summed E-state index contributed by atoms with van der Waals surface area (Å²) in [4.78, 5) is 35.6. The minimum absolute atomic E-state index is 0.0469. The van der Waals surface area contributed by atoms with Crippen molar-refractivity contribution in [2.45, 2.75) is 26.4 Å². The Bertz CT molecular complexity index is 980. The average molecular weight is 450 g/mol. The predicted molar refractivity (Wildman–Crippen MR) is 116 cm³/mol. The van der Waals surface area contributed by atoms with Crippen LogP contribution >= 0.6 is 11.6 Å². The molecule has 2 aromatic carbocycles. The van der Waals surface area contributed by atoms with Gasteiger partial charge in [0.25, 0.3) is 11.6 Å². The summed E-state index contributed by atoms with van der Waals surface area (Å²) >= 11 is 6.02. The van der Waals surface area contributed by atoms with Gasteiger partial charge in [-0.2, -0.15) is 0 Å². The summed E-state index contributed by atoms with van der Waals surface area (Å²) in [6.07, 6.45) is 0. The first-order valence-corrected chi connectivity index (χ1v) is 9.79. The zero-order chi connectivity index (χ0) is 23.1. The van der Waals surface area contributed by atoms with Crippen molar-refractivity contribution in [3.8, 4) is 11.5 Å². The minimum Gasteiger partial charge on any atom is -0.493 e. The number of nitrogens with zero attached hydrogens (tertiary/aromatic N) is 1. The number of non-ortho nitro benzene ring substituents is 1. The standard InChI is InChI=1S/C21H24ClN3O6/c1-12(2)19(24-20(26)15-7-6-14(25(28)29)10-16(15)22)21(27)23-11-13-5-8-17(30-3)18(9-13)31-4/h5-10,12,19H,11H2,1-4H3,(H,23,27)(H,24,26)/t19-/m0/s1. The quantitative estimate of drug-likeness (QED) is 0.447. The molecule has 2 N–H and O–H groups in total. The number of nitro benzene ring substituents is 1. The fraction of sp³-hybridized carbons (Fsp3) is 0.333. The topological polar surface area (TPSA) is 120 Å². The number of hydrogen-bond acceptors (Lipinski definition) is 6. The minimum atomic E-state index is -0.834. The number of rotatable bonds is 9. The second-order valence-electron chi connectivity index (χ2n) is 7.02. The highest BCUT2D eigenvalue weighted by Gasteiger charge is 2.26. The Morgan fingerprint density at radius 1 is 1.10 bits per heavy atom. The summed E-state index contributed by atoms with van der Waals surface area (Å²) in [6.45, 7) is 3.80. The van der Waals surface area contributed by atoms with Crippen LogP contribution in [0.5, 0.6) is 11.5 Å². The molecular formula is C21H24ClN3O6. The van der Waals surface area contributed by atoms with Crippen LogP contribution < -0.4 is 20.1 Å². The molecule has 0 unspecified atom stereocenters. The zero-order valence-electron chi connectivity index (χ0n) is 17.6. The van der Waals surface area contributed by atoms with Gasteiger partial charge in [-0.1, -0.05) is 31.5 Å². The lowest BCUT2D eigenvalue weighted by Crippen LogP contribution is -2.49. The molecule has 0 aliphatic rings. The summed E-state index contributed by atoms with van der Waals surface area (Å²) in [5.41, 5.74) is 0.610. The van der Waals surface area contributed by atoms with Gasteiger partial charge in [0.05, 0.1) is 29.7 Å². The predicted octanol–water partition coefficient (Wildman–Crippen LogP) is 3.34. The van der Waals surface area contributed by atoms with Gasteiger partial charge in [-0.15, -0.1) is 0 Å². The van der Waals surface area contributed by atoms with Crippen LogP contribution in [0.15, 0.2) is 36.4 Å². The highest BCUT2D eigenvalue weighted by molar-refractivity contribution is 6.34. The van der Waals surface area contributed by atoms with Gasteiger partial charge < -0.3 is 20.1 Å². The molecule has 2 rings (SSSR count). The molecule has 31 heavy (non-hydrogen) atoms. The molecule has 2 aromatic rings. The van der Waals surface area contributed by atoms with Gasteiger partial charge in [0, 0.05) is 18.7 Å². The third-order valence-corrected chi connectivity index (χ3v) is 4.87. The van der Waals surface area contributed by atoms with Gasteiger partial charge in [-0.3, -0.25) is 19.7 Å². The molecule has 0 fully saturated rings. The van der Waals surface area contributed by atoms with Crippen LogP contribution in [0.2, 0.25) is 5.02 Å². The first-order chi connectivity index (χ1) is 14.7. The number of carbonyl (C=O) groups is 2. The molecule has 0 heterocycles. The van der Waals surface area contributed by atoms with Crippen LogP contribution in [0.1, 0.15) is 29.8 Å². The summed E-state index contributed by atoms with van der Waals surface area (Å²) in [5.74, 6) is -0.0807. The normalized spacial score (nSPS) is 11.5. The maximum atomic E-state index is 12.7. The van der Waals surface area contributed by atoms with Crippen molar-refractivity contribution in [1.82, 2.24) is 10.6 Å². The van der Waals surface area contributed by atoms with Crippen molar-refractivity contribution < 1.29 is 24.0 Å². The Kier molecular flexibility index (Phi) is 8.21. The van der Waals surface area contributed by atoms with Gasteiger partial charge >= 0.3 is 0 Å². The van der Waals surface area contributed by atoms with Crippen LogP contribution in [0.4, 0.5) is 5.69 Å². The fourth-order valence-corrected chi connectivity index (χ4v) is 3.11. The van der Waals surface area contributed by atoms with Gasteiger partial charge in [-0.25, -0.2) is 0 Å². The number of methoxy groups -OCH3 is 2. The molecule has 0 aliphatic heterocycles. The van der Waals surface area contributed by atoms with E-state index in [4.69, 9.17) is 21.1 Å². The molecule has 166 valence electrons. The first kappa shape index (κ1) is 23.9. The third kappa shape index (κ3) is 6.08. The SMILES string of the molecule is COc1ccc(CNC(=O)[C@@H](NC(=O)c2ccc([N+](=O)[O-])cc2Cl)C(C)C)cc1OC. The monoisotopic (exact) mass is 449 g/mol. The van der Waals surface area contributed by atoms with Crippen molar-refractivity contribution >= 4 is 29.1 Å². The summed E-state index contributed by atoms with van der Waals surface area (Å²) in [6, 6.07) is 7.98. The molecule has 0 spiro atoms. The van der Waals surface area contributed by atoms with E-state index < -0.39 is 16.9 Å². The first-order valence-electron chi connectivity index (χ1n) is 9.41. The fourth-order valence-electron chi connectivity index (χ4n) is 2.85. The number of hydrogen-bond donors (Lipinski definition) is 2. The van der Waals surface area contributed by atoms with E-state index in [0.29, 0.717) is 11.5 Å². The van der Waals surface area contributed by atoms with E-state index >= 15 is 0 Å². The highest BCUT2D eigenvalue weighted by atomic mass is 35.5. The van der Waals surface area contributed by atoms with E-state index in [-0.39, 0.29) is 34.6 Å². The molecule has 2 amide bonds. The molecule has 0 aromatic heterocycles. The van der Waals surface area contributed by atoms with Crippen LogP contribution in [-0.4, -0.2) is 37.0 Å². The van der Waals surface area contributed by atoms with Crippen LogP contribution in [0.3, 0.4) is 0 Å². The number of nitrogens with one attached hydrogen (secondary N) is 2. The second-order valence-corrected chi connectivity index (χ2v) is 7.43. The molecular weight excluding hydrogens is 426 g/mol. The van der Waals surface area contributed by atoms with E-state index in [9.17, 15) is 19.7 Å². The highest BCUT2D eigenvalue weighted by Crippen LogP contribution is 2.27. The van der Waals surface area contributed by atoms with Crippen molar-refractivity contribution in [3.63, 3.8) is 0 Å². The summed E-state index contributed by atoms with van der Waals surface area (Å²) in [7, 11) is 3.06. The van der Waals surface area contributed by atoms with Crippen LogP contribution in [-0.2, 0) is 11.3 Å². The molecule has 0 bridgehead atoms. The molecule has 10 heteroatoms. The van der Waals surface area contributed by atoms with Crippen LogP contribution in [0.25, 0.3) is 0 Å². The molecule has 0 saturated heterocycles. The molecule has 0 radical (unpaired) electrons. The number of benzene rings is 2. The second kappa shape index (κ2) is 10.6. The Morgan fingerprint density at radius 3 is 2.32 bits per heavy atom. The maximum absolute atomic E-state index is 12.7.